The Kier molecular flexibility index (Phi) is 7.87. The van der Waals surface area contributed by atoms with Gasteiger partial charge in [-0.15, -0.1) is 0 Å². The second-order valence-electron chi connectivity index (χ2n) is 5.68. The topological polar surface area (TPSA) is 85.9 Å². The predicted octanol–water partition coefficient (Wildman–Crippen LogP) is 4.23. The maximum Gasteiger partial charge on any atom is 0.241 e. The molecule has 0 aliphatic rings. The van der Waals surface area contributed by atoms with E-state index in [2.05, 4.69) is 6.92 Å². The van der Waals surface area contributed by atoms with Crippen LogP contribution in [-0.4, -0.2) is 25.0 Å². The average molecular weight is 299 g/mol. The molecule has 5 heteroatoms. The highest BCUT2D eigenvalue weighted by molar-refractivity contribution is 5.54. The van der Waals surface area contributed by atoms with Crippen LogP contribution in [0.2, 0.25) is 0 Å². The highest BCUT2D eigenvalue weighted by Crippen LogP contribution is 2.45. The largest absolute Gasteiger partial charge is 0.500 e. The maximum absolute atomic E-state index is 9.54. The van der Waals surface area contributed by atoms with Crippen LogP contribution >= 0.6 is 0 Å². The van der Waals surface area contributed by atoms with Crippen LogP contribution in [-0.2, 0) is 6.54 Å². The molecule has 0 atom stereocenters. The highest BCUT2D eigenvalue weighted by atomic mass is 16.4. The average Bonchev–Trinajstić information content (AvgIpc) is 2.66. The normalized spacial score (nSPS) is 11.1. The van der Waals surface area contributed by atoms with Crippen molar-refractivity contribution in [1.29, 1.82) is 0 Å². The molecule has 0 saturated heterocycles. The summed E-state index contributed by atoms with van der Waals surface area (Å²) in [5.41, 5.74) is 0. The van der Waals surface area contributed by atoms with E-state index in [4.69, 9.17) is 0 Å². The summed E-state index contributed by atoms with van der Waals surface area (Å²) in [5.74, 6) is -2.25. The Hall–Kier alpha value is -1.52. The Bertz CT molecular complexity index is 389. The van der Waals surface area contributed by atoms with E-state index in [1.165, 1.54) is 44.9 Å². The van der Waals surface area contributed by atoms with E-state index in [1.54, 1.807) is 0 Å². The summed E-state index contributed by atoms with van der Waals surface area (Å²) in [5, 5.41) is 37.6. The first-order valence-corrected chi connectivity index (χ1v) is 8.11. The van der Waals surface area contributed by atoms with E-state index in [-0.39, 0.29) is 0 Å². The van der Waals surface area contributed by atoms with Gasteiger partial charge >= 0.3 is 0 Å². The predicted molar refractivity (Wildman–Crippen MR) is 82.9 cm³/mol. The minimum atomic E-state index is -0.653. The number of nitrogens with zero attached hydrogens (tertiary/aromatic N) is 1. The fourth-order valence-corrected chi connectivity index (χ4v) is 2.54. The first-order chi connectivity index (χ1) is 10.1. The molecule has 0 aliphatic carbocycles. The van der Waals surface area contributed by atoms with Crippen molar-refractivity contribution in [3.05, 3.63) is 0 Å². The molecule has 1 aromatic heterocycles. The Morgan fingerprint density at radius 2 is 1.00 bits per heavy atom. The molecule has 122 valence electrons. The molecular formula is C16H29NO4. The van der Waals surface area contributed by atoms with Gasteiger partial charge in [0.15, 0.2) is 0 Å². The minimum Gasteiger partial charge on any atom is -0.500 e. The molecular weight excluding hydrogens is 270 g/mol. The van der Waals surface area contributed by atoms with Crippen molar-refractivity contribution in [3.8, 4) is 23.3 Å². The zero-order valence-corrected chi connectivity index (χ0v) is 13.0. The van der Waals surface area contributed by atoms with Gasteiger partial charge in [0.1, 0.15) is 0 Å². The molecule has 0 spiro atoms. The van der Waals surface area contributed by atoms with Crippen LogP contribution in [0.15, 0.2) is 0 Å². The van der Waals surface area contributed by atoms with Crippen LogP contribution in [0.1, 0.15) is 71.1 Å². The van der Waals surface area contributed by atoms with Crippen molar-refractivity contribution < 1.29 is 20.4 Å². The Balaban J connectivity index is 2.09. The molecule has 21 heavy (non-hydrogen) atoms. The van der Waals surface area contributed by atoms with E-state index in [9.17, 15) is 20.4 Å². The summed E-state index contributed by atoms with van der Waals surface area (Å²) in [6.07, 6.45) is 12.0. The SMILES string of the molecule is CCCCCCCCCCCCn1c(O)c(O)c(O)c1O. The summed E-state index contributed by atoms with van der Waals surface area (Å²) in [7, 11) is 0. The summed E-state index contributed by atoms with van der Waals surface area (Å²) in [4.78, 5) is 0. The lowest BCUT2D eigenvalue weighted by molar-refractivity contribution is 0.344. The molecule has 0 saturated carbocycles. The zero-order chi connectivity index (χ0) is 15.7. The summed E-state index contributed by atoms with van der Waals surface area (Å²) in [6, 6.07) is 0. The molecule has 0 amide bonds. The summed E-state index contributed by atoms with van der Waals surface area (Å²) >= 11 is 0. The van der Waals surface area contributed by atoms with Gasteiger partial charge in [0, 0.05) is 6.54 Å². The van der Waals surface area contributed by atoms with Gasteiger partial charge in [-0.3, -0.25) is 4.57 Å². The molecule has 0 unspecified atom stereocenters. The molecule has 0 aromatic carbocycles. The summed E-state index contributed by atoms with van der Waals surface area (Å²) < 4.78 is 1.13. The second-order valence-corrected chi connectivity index (χ2v) is 5.68. The molecule has 0 aliphatic heterocycles. The van der Waals surface area contributed by atoms with Crippen molar-refractivity contribution in [2.75, 3.05) is 0 Å². The lowest BCUT2D eigenvalue weighted by Gasteiger charge is -2.06. The fraction of sp³-hybridized carbons (Fsp3) is 0.750. The molecule has 1 rings (SSSR count). The van der Waals surface area contributed by atoms with Crippen molar-refractivity contribution in [2.45, 2.75) is 77.7 Å². The third-order valence-corrected chi connectivity index (χ3v) is 3.89. The van der Waals surface area contributed by atoms with Gasteiger partial charge in [-0.05, 0) is 6.42 Å². The van der Waals surface area contributed by atoms with Crippen molar-refractivity contribution in [3.63, 3.8) is 0 Å². The standard InChI is InChI=1S/C16H29NO4/c1-2-3-4-5-6-7-8-9-10-11-12-17-15(20)13(18)14(19)16(17)21/h18-21H,2-12H2,1H3. The third-order valence-electron chi connectivity index (χ3n) is 3.89. The van der Waals surface area contributed by atoms with E-state index in [0.717, 1.165) is 23.8 Å². The third kappa shape index (κ3) is 5.40. The van der Waals surface area contributed by atoms with Gasteiger partial charge in [-0.25, -0.2) is 0 Å². The van der Waals surface area contributed by atoms with Gasteiger partial charge in [0.2, 0.25) is 23.3 Å². The number of hydrogen-bond acceptors (Lipinski definition) is 4. The van der Waals surface area contributed by atoms with Crippen LogP contribution in [0.3, 0.4) is 0 Å². The van der Waals surface area contributed by atoms with Crippen LogP contribution in [0, 0.1) is 0 Å². The Morgan fingerprint density at radius 3 is 1.43 bits per heavy atom. The van der Waals surface area contributed by atoms with E-state index < -0.39 is 23.3 Å². The molecule has 5 nitrogen and oxygen atoms in total. The minimum absolute atomic E-state index is 0.391. The smallest absolute Gasteiger partial charge is 0.241 e. The van der Waals surface area contributed by atoms with Gasteiger partial charge < -0.3 is 20.4 Å². The second kappa shape index (κ2) is 9.42. The van der Waals surface area contributed by atoms with E-state index in [1.807, 2.05) is 0 Å². The summed E-state index contributed by atoms with van der Waals surface area (Å²) in [6.45, 7) is 2.61. The molecule has 0 bridgehead atoms. The lowest BCUT2D eigenvalue weighted by Crippen LogP contribution is -1.96. The molecule has 1 aromatic rings. The van der Waals surface area contributed by atoms with Gasteiger partial charge in [-0.1, -0.05) is 64.7 Å². The molecule has 4 N–H and O–H groups in total. The van der Waals surface area contributed by atoms with Crippen LogP contribution in [0.25, 0.3) is 0 Å². The number of unbranched alkanes of at least 4 members (excludes halogenated alkanes) is 9. The van der Waals surface area contributed by atoms with Gasteiger partial charge in [0.25, 0.3) is 0 Å². The van der Waals surface area contributed by atoms with Crippen LogP contribution < -0.4 is 0 Å². The number of aromatic nitrogens is 1. The Morgan fingerprint density at radius 1 is 0.619 bits per heavy atom. The highest BCUT2D eigenvalue weighted by Gasteiger charge is 2.20. The van der Waals surface area contributed by atoms with Crippen LogP contribution in [0.4, 0.5) is 0 Å². The molecule has 0 radical (unpaired) electrons. The first kappa shape index (κ1) is 17.5. The zero-order valence-electron chi connectivity index (χ0n) is 13.0. The number of rotatable bonds is 11. The van der Waals surface area contributed by atoms with Gasteiger partial charge in [-0.2, -0.15) is 0 Å². The van der Waals surface area contributed by atoms with Crippen molar-refractivity contribution >= 4 is 0 Å². The van der Waals surface area contributed by atoms with E-state index >= 15 is 0 Å². The molecule has 0 fully saturated rings. The quantitative estimate of drug-likeness (QED) is 0.461. The van der Waals surface area contributed by atoms with Crippen LogP contribution in [0.5, 0.6) is 23.3 Å². The number of aromatic hydroxyl groups is 4. The molecule has 1 heterocycles. The van der Waals surface area contributed by atoms with E-state index in [0.29, 0.717) is 6.54 Å². The fourth-order valence-electron chi connectivity index (χ4n) is 2.54. The number of hydrogen-bond donors (Lipinski definition) is 4. The monoisotopic (exact) mass is 299 g/mol. The van der Waals surface area contributed by atoms with Crippen molar-refractivity contribution in [2.24, 2.45) is 0 Å². The Labute approximate surface area is 126 Å². The first-order valence-electron chi connectivity index (χ1n) is 8.11. The lowest BCUT2D eigenvalue weighted by atomic mass is 10.1. The maximum atomic E-state index is 9.54. The van der Waals surface area contributed by atoms with Gasteiger partial charge in [0.05, 0.1) is 0 Å². The van der Waals surface area contributed by atoms with Crippen molar-refractivity contribution in [1.82, 2.24) is 4.57 Å².